The number of esters is 1. The smallest absolute Gasteiger partial charge is 0.330 e. The molecule has 3 rings (SSSR count). The fraction of sp³-hybridized carbons (Fsp3) is 0.250. The molecule has 6 nitrogen and oxygen atoms in total. The van der Waals surface area contributed by atoms with Crippen LogP contribution in [0.15, 0.2) is 84.9 Å². The van der Waals surface area contributed by atoms with Crippen LogP contribution in [0.5, 0.6) is 0 Å². The molecule has 34 heavy (non-hydrogen) atoms. The maximum Gasteiger partial charge on any atom is 0.330 e. The number of hydrazine groups is 1. The van der Waals surface area contributed by atoms with Crippen LogP contribution in [0.4, 0.5) is 11.4 Å². The van der Waals surface area contributed by atoms with E-state index in [2.05, 4.69) is 30.6 Å². The summed E-state index contributed by atoms with van der Waals surface area (Å²) in [5, 5.41) is 4.66. The van der Waals surface area contributed by atoms with E-state index < -0.39 is 0 Å². The zero-order valence-corrected chi connectivity index (χ0v) is 20.4. The minimum absolute atomic E-state index is 0.323. The molecule has 0 fully saturated rings. The van der Waals surface area contributed by atoms with Crippen molar-refractivity contribution in [2.24, 2.45) is 11.6 Å². The number of aryl methyl sites for hydroxylation is 2. The number of rotatable bonds is 8. The van der Waals surface area contributed by atoms with Gasteiger partial charge < -0.3 is 15.8 Å². The topological polar surface area (TPSA) is 93.6 Å². The fourth-order valence-electron chi connectivity index (χ4n) is 3.45. The zero-order valence-electron chi connectivity index (χ0n) is 20.4. The van der Waals surface area contributed by atoms with Gasteiger partial charge in [0.05, 0.1) is 23.7 Å². The second-order valence-electron chi connectivity index (χ2n) is 7.98. The molecule has 0 radical (unpaired) electrons. The van der Waals surface area contributed by atoms with E-state index in [0.717, 1.165) is 29.1 Å². The molecule has 5 N–H and O–H groups in total. The van der Waals surface area contributed by atoms with Crippen molar-refractivity contribution in [2.45, 2.75) is 40.0 Å². The van der Waals surface area contributed by atoms with E-state index in [1.54, 1.807) is 24.1 Å². The van der Waals surface area contributed by atoms with Gasteiger partial charge in [0.2, 0.25) is 0 Å². The first-order valence-electron chi connectivity index (χ1n) is 11.4. The van der Waals surface area contributed by atoms with Crippen LogP contribution in [0.1, 0.15) is 43.9 Å². The molecule has 0 bridgehead atoms. The van der Waals surface area contributed by atoms with E-state index in [9.17, 15) is 4.79 Å². The summed E-state index contributed by atoms with van der Waals surface area (Å²) in [6.07, 6.45) is 8.50. The molecule has 1 aliphatic rings. The van der Waals surface area contributed by atoms with Crippen molar-refractivity contribution in [2.75, 3.05) is 16.9 Å². The van der Waals surface area contributed by atoms with E-state index in [-0.39, 0.29) is 5.97 Å². The molecule has 6 heteroatoms. The largest absolute Gasteiger partial charge is 0.463 e. The third-order valence-electron chi connectivity index (χ3n) is 5.26. The van der Waals surface area contributed by atoms with Crippen LogP contribution >= 0.6 is 0 Å². The van der Waals surface area contributed by atoms with Gasteiger partial charge >= 0.3 is 5.97 Å². The first-order chi connectivity index (χ1) is 16.2. The molecule has 0 aromatic heterocycles. The quantitative estimate of drug-likeness (QED) is 0.160. The number of benzene rings is 2. The molecule has 0 heterocycles. The number of nitrogens with two attached hydrogens (primary N) is 2. The molecule has 0 saturated carbocycles. The number of anilines is 2. The number of nitrogens with one attached hydrogen (secondary N) is 1. The molecular formula is C28H36N4O2. The second kappa shape index (κ2) is 13.1. The molecular weight excluding hydrogens is 424 g/mol. The second-order valence-corrected chi connectivity index (χ2v) is 7.98. The Bertz CT molecular complexity index is 1070. The Morgan fingerprint density at radius 2 is 1.82 bits per heavy atom. The number of allylic oxidation sites excluding steroid dienone is 2. The number of ether oxygens (including phenoxy) is 1. The van der Waals surface area contributed by atoms with Gasteiger partial charge in [0.15, 0.2) is 0 Å². The van der Waals surface area contributed by atoms with Gasteiger partial charge in [0.25, 0.3) is 0 Å². The van der Waals surface area contributed by atoms with Crippen LogP contribution in [0, 0.1) is 0 Å². The van der Waals surface area contributed by atoms with Crippen molar-refractivity contribution in [3.05, 3.63) is 102 Å². The summed E-state index contributed by atoms with van der Waals surface area (Å²) in [6.45, 7) is 13.6. The number of nitrogens with zero attached hydrogens (tertiary/aromatic N) is 1. The van der Waals surface area contributed by atoms with E-state index in [0.29, 0.717) is 18.0 Å². The predicted octanol–water partition coefficient (Wildman–Crippen LogP) is 5.44. The van der Waals surface area contributed by atoms with Crippen molar-refractivity contribution in [1.82, 2.24) is 0 Å². The van der Waals surface area contributed by atoms with Crippen molar-refractivity contribution < 1.29 is 9.53 Å². The molecule has 0 spiro atoms. The van der Waals surface area contributed by atoms with E-state index in [1.807, 2.05) is 44.2 Å². The summed E-state index contributed by atoms with van der Waals surface area (Å²) in [6, 6.07) is 14.0. The van der Waals surface area contributed by atoms with E-state index in [1.165, 1.54) is 30.0 Å². The minimum atomic E-state index is -0.323. The minimum Gasteiger partial charge on any atom is -0.463 e. The van der Waals surface area contributed by atoms with Gasteiger partial charge in [-0.25, -0.2) is 10.6 Å². The van der Waals surface area contributed by atoms with Crippen molar-refractivity contribution >= 4 is 23.4 Å². The van der Waals surface area contributed by atoms with Crippen LogP contribution in [0.3, 0.4) is 0 Å². The van der Waals surface area contributed by atoms with E-state index >= 15 is 0 Å². The predicted molar refractivity (Wildman–Crippen MR) is 143 cm³/mol. The SMILES string of the molecule is C=C(/C(N)=C\C)N(N)c1ccc2c(c1)CCC2.C=C(C)Nc1ccc(/C=C/C(=O)OCC)cc1. The van der Waals surface area contributed by atoms with Crippen LogP contribution in [-0.4, -0.2) is 12.6 Å². The summed E-state index contributed by atoms with van der Waals surface area (Å²) in [7, 11) is 0. The molecule has 0 aliphatic heterocycles. The number of hydrogen-bond donors (Lipinski definition) is 3. The molecule has 0 atom stereocenters. The lowest BCUT2D eigenvalue weighted by Gasteiger charge is -2.22. The van der Waals surface area contributed by atoms with Gasteiger partial charge in [-0.1, -0.05) is 37.4 Å². The lowest BCUT2D eigenvalue weighted by molar-refractivity contribution is -0.137. The monoisotopic (exact) mass is 460 g/mol. The highest BCUT2D eigenvalue weighted by molar-refractivity contribution is 5.87. The third-order valence-corrected chi connectivity index (χ3v) is 5.26. The van der Waals surface area contributed by atoms with Gasteiger partial charge in [0.1, 0.15) is 0 Å². The van der Waals surface area contributed by atoms with Gasteiger partial charge in [-0.15, -0.1) is 0 Å². The first-order valence-corrected chi connectivity index (χ1v) is 11.4. The fourth-order valence-corrected chi connectivity index (χ4v) is 3.45. The van der Waals surface area contributed by atoms with E-state index in [4.69, 9.17) is 16.3 Å². The van der Waals surface area contributed by atoms with Crippen LogP contribution in [0.2, 0.25) is 0 Å². The molecule has 1 aliphatic carbocycles. The number of carbonyl (C=O) groups is 1. The molecule has 0 unspecified atom stereocenters. The average Bonchev–Trinajstić information content (AvgIpc) is 3.30. The van der Waals surface area contributed by atoms with Gasteiger partial charge in [-0.3, -0.25) is 5.01 Å². The highest BCUT2D eigenvalue weighted by Gasteiger charge is 2.14. The molecule has 0 amide bonds. The molecule has 2 aromatic rings. The highest BCUT2D eigenvalue weighted by atomic mass is 16.5. The van der Waals surface area contributed by atoms with Crippen LogP contribution in [-0.2, 0) is 22.4 Å². The Morgan fingerprint density at radius 3 is 2.44 bits per heavy atom. The number of fused-ring (bicyclic) bond motifs is 1. The summed E-state index contributed by atoms with van der Waals surface area (Å²) >= 11 is 0. The average molecular weight is 461 g/mol. The summed E-state index contributed by atoms with van der Waals surface area (Å²) in [5.41, 5.74) is 13.6. The van der Waals surface area contributed by atoms with Gasteiger partial charge in [-0.2, -0.15) is 0 Å². The zero-order chi connectivity index (χ0) is 25.1. The Kier molecular flexibility index (Phi) is 10.2. The van der Waals surface area contributed by atoms with Crippen LogP contribution in [0.25, 0.3) is 6.08 Å². The number of carbonyl (C=O) groups excluding carboxylic acids is 1. The van der Waals surface area contributed by atoms with Gasteiger partial charge in [0, 0.05) is 17.5 Å². The molecule has 2 aromatic carbocycles. The van der Waals surface area contributed by atoms with Crippen molar-refractivity contribution in [3.63, 3.8) is 0 Å². The lowest BCUT2D eigenvalue weighted by atomic mass is 10.1. The van der Waals surface area contributed by atoms with Gasteiger partial charge in [-0.05, 0) is 87.1 Å². The third kappa shape index (κ3) is 7.98. The molecule has 0 saturated heterocycles. The Labute approximate surface area is 203 Å². The Hall–Kier alpha value is -3.77. The Morgan fingerprint density at radius 1 is 1.15 bits per heavy atom. The lowest BCUT2D eigenvalue weighted by Crippen LogP contribution is -2.32. The first kappa shape index (κ1) is 26.5. The summed E-state index contributed by atoms with van der Waals surface area (Å²) in [4.78, 5) is 11.1. The van der Waals surface area contributed by atoms with Crippen LogP contribution < -0.4 is 21.9 Å². The standard InChI is InChI=1S/C14H19N3.C14H17NO2/c1-3-14(15)10(2)17(16)13-8-7-11-5-4-6-12(11)9-13;1-4-17-14(16)10-7-12-5-8-13(9-6-12)15-11(2)3/h3,7-9H,2,4-6,15-16H2,1H3;5-10,15H,2,4H2,1,3H3/b14-3+;10-7+. The summed E-state index contributed by atoms with van der Waals surface area (Å²) in [5.74, 6) is 5.70. The molecule has 180 valence electrons. The normalized spacial score (nSPS) is 12.4. The maximum atomic E-state index is 11.1. The maximum absolute atomic E-state index is 11.1. The van der Waals surface area contributed by atoms with Crippen molar-refractivity contribution in [1.29, 1.82) is 0 Å². The highest BCUT2D eigenvalue weighted by Crippen LogP contribution is 2.27. The Balaban J connectivity index is 0.000000240. The summed E-state index contributed by atoms with van der Waals surface area (Å²) < 4.78 is 4.79. The van der Waals surface area contributed by atoms with Crippen molar-refractivity contribution in [3.8, 4) is 0 Å². The number of hydrogen-bond acceptors (Lipinski definition) is 6.